The van der Waals surface area contributed by atoms with Crippen LogP contribution in [0.1, 0.15) is 25.7 Å². The maximum absolute atomic E-state index is 12.7. The minimum absolute atomic E-state index is 0.0781. The first-order valence-electron chi connectivity index (χ1n) is 10.7. The topological polar surface area (TPSA) is 94.2 Å². The molecule has 0 unspecified atom stereocenters. The first-order valence-corrected chi connectivity index (χ1v) is 13.0. The van der Waals surface area contributed by atoms with Crippen LogP contribution >= 0.6 is 11.3 Å². The molecule has 2 aromatic rings. The third-order valence-corrected chi connectivity index (χ3v) is 9.29. The van der Waals surface area contributed by atoms with Crippen molar-refractivity contribution in [1.29, 1.82) is 0 Å². The van der Waals surface area contributed by atoms with Crippen LogP contribution in [0.5, 0.6) is 11.5 Å². The van der Waals surface area contributed by atoms with Gasteiger partial charge in [0.15, 0.2) is 18.1 Å². The second kappa shape index (κ2) is 9.78. The Kier molecular flexibility index (Phi) is 7.04. The van der Waals surface area contributed by atoms with Gasteiger partial charge in [0.25, 0.3) is 15.9 Å². The Morgan fingerprint density at radius 3 is 2.62 bits per heavy atom. The van der Waals surface area contributed by atoms with E-state index in [0.29, 0.717) is 48.2 Å². The Labute approximate surface area is 192 Å². The molecule has 0 saturated carbocycles. The molecule has 0 bridgehead atoms. The molecule has 8 nitrogen and oxygen atoms in total. The summed E-state index contributed by atoms with van der Waals surface area (Å²) >= 11 is 1.24. The van der Waals surface area contributed by atoms with Crippen molar-refractivity contribution >= 4 is 27.3 Å². The number of carbonyl (C=O) groups excluding carboxylic acids is 1. The number of nitrogens with zero attached hydrogens (tertiary/aromatic N) is 1. The largest absolute Gasteiger partial charge is 0.493 e. The van der Waals surface area contributed by atoms with Crippen molar-refractivity contribution in [3.8, 4) is 11.5 Å². The third kappa shape index (κ3) is 5.09. The van der Waals surface area contributed by atoms with Gasteiger partial charge >= 0.3 is 0 Å². The fourth-order valence-corrected chi connectivity index (χ4v) is 6.82. The molecule has 1 aromatic heterocycles. The van der Waals surface area contributed by atoms with E-state index in [1.807, 2.05) is 12.1 Å². The van der Waals surface area contributed by atoms with Gasteiger partial charge in [-0.2, -0.15) is 4.31 Å². The summed E-state index contributed by atoms with van der Waals surface area (Å²) in [5, 5.41) is 4.65. The van der Waals surface area contributed by atoms with Crippen LogP contribution in [-0.2, 0) is 19.6 Å². The number of amides is 1. The fourth-order valence-electron chi connectivity index (χ4n) is 4.24. The van der Waals surface area contributed by atoms with Crippen LogP contribution in [0.3, 0.4) is 0 Å². The summed E-state index contributed by atoms with van der Waals surface area (Å²) in [4.78, 5) is 12.2. The number of piperidine rings is 1. The molecule has 0 radical (unpaired) electrons. The average Bonchev–Trinajstić information content (AvgIpc) is 3.48. The second-order valence-corrected chi connectivity index (χ2v) is 11.2. The monoisotopic (exact) mass is 480 g/mol. The zero-order chi connectivity index (χ0) is 22.6. The molecule has 0 aliphatic carbocycles. The van der Waals surface area contributed by atoms with Crippen molar-refractivity contribution in [3.05, 3.63) is 41.8 Å². The minimum atomic E-state index is -3.42. The summed E-state index contributed by atoms with van der Waals surface area (Å²) in [6.45, 7) is 1.21. The molecule has 1 spiro atoms. The van der Waals surface area contributed by atoms with Gasteiger partial charge in [0.1, 0.15) is 4.21 Å². The lowest BCUT2D eigenvalue weighted by molar-refractivity contribution is -0.124. The van der Waals surface area contributed by atoms with Gasteiger partial charge in [0.2, 0.25) is 0 Å². The van der Waals surface area contributed by atoms with E-state index in [-0.39, 0.29) is 24.2 Å². The number of methoxy groups -OCH3 is 1. The Morgan fingerprint density at radius 1 is 1.19 bits per heavy atom. The van der Waals surface area contributed by atoms with Crippen molar-refractivity contribution in [2.24, 2.45) is 0 Å². The van der Waals surface area contributed by atoms with Gasteiger partial charge in [-0.05, 0) is 49.3 Å². The van der Waals surface area contributed by atoms with Crippen molar-refractivity contribution in [2.75, 3.05) is 33.4 Å². The number of thiophene rings is 1. The molecule has 174 valence electrons. The van der Waals surface area contributed by atoms with Gasteiger partial charge in [0, 0.05) is 19.6 Å². The van der Waals surface area contributed by atoms with E-state index in [4.69, 9.17) is 14.2 Å². The summed E-state index contributed by atoms with van der Waals surface area (Å²) in [6.07, 6.45) is 2.96. The molecule has 1 N–H and O–H groups in total. The Morgan fingerprint density at radius 2 is 1.94 bits per heavy atom. The van der Waals surface area contributed by atoms with Gasteiger partial charge in [-0.15, -0.1) is 11.3 Å². The number of nitrogens with one attached hydrogen (secondary N) is 1. The maximum Gasteiger partial charge on any atom is 0.258 e. The molecular weight excluding hydrogens is 452 g/mol. The molecule has 1 aromatic carbocycles. The number of hydrogen-bond acceptors (Lipinski definition) is 7. The van der Waals surface area contributed by atoms with E-state index in [1.54, 1.807) is 41.1 Å². The molecule has 2 aliphatic heterocycles. The Bertz CT molecular complexity index is 1020. The normalized spacial score (nSPS) is 20.8. The van der Waals surface area contributed by atoms with E-state index < -0.39 is 10.0 Å². The summed E-state index contributed by atoms with van der Waals surface area (Å²) in [7, 11) is -1.86. The van der Waals surface area contributed by atoms with Crippen LogP contribution in [0.15, 0.2) is 46.0 Å². The lowest BCUT2D eigenvalue weighted by atomic mass is 9.89. The number of hydrogen-bond donors (Lipinski definition) is 1. The van der Waals surface area contributed by atoms with Crippen molar-refractivity contribution in [2.45, 2.75) is 41.6 Å². The summed E-state index contributed by atoms with van der Waals surface area (Å²) in [6, 6.07) is 10.6. The molecule has 32 heavy (non-hydrogen) atoms. The molecular formula is C22H28N2O6S2. The highest BCUT2D eigenvalue weighted by Crippen LogP contribution is 2.40. The smallest absolute Gasteiger partial charge is 0.258 e. The quantitative estimate of drug-likeness (QED) is 0.624. The predicted octanol–water partition coefficient (Wildman–Crippen LogP) is 2.65. The molecule has 2 fully saturated rings. The van der Waals surface area contributed by atoms with Crippen molar-refractivity contribution < 1.29 is 27.4 Å². The van der Waals surface area contributed by atoms with Crippen LogP contribution in [0, 0.1) is 0 Å². The first kappa shape index (κ1) is 23.0. The number of para-hydroxylation sites is 2. The lowest BCUT2D eigenvalue weighted by Gasteiger charge is -2.38. The third-order valence-electron chi connectivity index (χ3n) is 6.02. The van der Waals surface area contributed by atoms with Crippen LogP contribution in [0.25, 0.3) is 0 Å². The summed E-state index contributed by atoms with van der Waals surface area (Å²) < 4.78 is 44.5. The highest BCUT2D eigenvalue weighted by atomic mass is 32.2. The zero-order valence-electron chi connectivity index (χ0n) is 18.0. The van der Waals surface area contributed by atoms with Crippen LogP contribution < -0.4 is 14.8 Å². The summed E-state index contributed by atoms with van der Waals surface area (Å²) in [5.41, 5.74) is -0.301. The molecule has 1 amide bonds. The van der Waals surface area contributed by atoms with E-state index in [9.17, 15) is 13.2 Å². The van der Waals surface area contributed by atoms with Gasteiger partial charge < -0.3 is 19.5 Å². The number of benzene rings is 1. The Balaban J connectivity index is 1.22. The SMILES string of the molecule is COc1ccccc1OCC(=O)NC[C@@H]1CCC2(CCN(S(=O)(=O)c3cccs3)CC2)O1. The van der Waals surface area contributed by atoms with Crippen LogP contribution in [0.2, 0.25) is 0 Å². The zero-order valence-corrected chi connectivity index (χ0v) is 19.6. The molecule has 10 heteroatoms. The van der Waals surface area contributed by atoms with Crippen molar-refractivity contribution in [3.63, 3.8) is 0 Å². The van der Waals surface area contributed by atoms with E-state index in [0.717, 1.165) is 12.8 Å². The molecule has 1 atom stereocenters. The van der Waals surface area contributed by atoms with Crippen LogP contribution in [-0.4, -0.2) is 63.7 Å². The number of sulfonamides is 1. The molecule has 3 heterocycles. The minimum Gasteiger partial charge on any atom is -0.493 e. The molecule has 2 saturated heterocycles. The Hall–Kier alpha value is -2.14. The van der Waals surface area contributed by atoms with Gasteiger partial charge in [-0.1, -0.05) is 18.2 Å². The standard InChI is InChI=1S/C22H28N2O6S2/c1-28-18-5-2-3-6-19(18)29-16-20(25)23-15-17-8-9-22(30-17)10-12-24(13-11-22)32(26,27)21-7-4-14-31-21/h2-7,14,17H,8-13,15-16H2,1H3,(H,23,25)/t17-/m0/s1. The van der Waals surface area contributed by atoms with Gasteiger partial charge in [-0.3, -0.25) is 4.79 Å². The molecule has 2 aliphatic rings. The van der Waals surface area contributed by atoms with Gasteiger partial charge in [-0.25, -0.2) is 8.42 Å². The maximum atomic E-state index is 12.7. The van der Waals surface area contributed by atoms with E-state index in [1.165, 1.54) is 11.3 Å². The van der Waals surface area contributed by atoms with E-state index in [2.05, 4.69) is 5.32 Å². The van der Waals surface area contributed by atoms with Crippen molar-refractivity contribution in [1.82, 2.24) is 9.62 Å². The summed E-state index contributed by atoms with van der Waals surface area (Å²) in [5.74, 6) is 0.872. The van der Waals surface area contributed by atoms with Gasteiger partial charge in [0.05, 0.1) is 18.8 Å². The first-order chi connectivity index (χ1) is 15.4. The highest BCUT2D eigenvalue weighted by molar-refractivity contribution is 7.91. The number of ether oxygens (including phenoxy) is 3. The predicted molar refractivity (Wildman–Crippen MR) is 121 cm³/mol. The average molecular weight is 481 g/mol. The molecule has 4 rings (SSSR count). The number of rotatable bonds is 8. The van der Waals surface area contributed by atoms with E-state index >= 15 is 0 Å². The fraction of sp³-hybridized carbons (Fsp3) is 0.500. The highest BCUT2D eigenvalue weighted by Gasteiger charge is 2.44. The second-order valence-electron chi connectivity index (χ2n) is 8.04. The number of carbonyl (C=O) groups is 1. The van der Waals surface area contributed by atoms with Crippen LogP contribution in [0.4, 0.5) is 0 Å². The lowest BCUT2D eigenvalue weighted by Crippen LogP contribution is -2.47.